The van der Waals surface area contributed by atoms with Gasteiger partial charge in [-0.15, -0.1) is 0 Å². The van der Waals surface area contributed by atoms with Gasteiger partial charge in [0, 0.05) is 25.4 Å². The number of hydrogen-bond donors (Lipinski definition) is 1. The van der Waals surface area contributed by atoms with Crippen LogP contribution in [-0.2, 0) is 26.2 Å². The maximum absolute atomic E-state index is 12.4. The Balaban J connectivity index is 1.33. The Hall–Kier alpha value is -3.64. The van der Waals surface area contributed by atoms with Gasteiger partial charge in [-0.2, -0.15) is 0 Å². The summed E-state index contributed by atoms with van der Waals surface area (Å²) in [7, 11) is 0. The van der Waals surface area contributed by atoms with Gasteiger partial charge in [0.2, 0.25) is 11.2 Å². The molecule has 2 heterocycles. The fraction of sp³-hybridized carbons (Fsp3) is 0.167. The van der Waals surface area contributed by atoms with Crippen molar-refractivity contribution in [2.45, 2.75) is 26.2 Å². The molecule has 1 aliphatic rings. The van der Waals surface area contributed by atoms with E-state index in [0.29, 0.717) is 12.3 Å². The van der Waals surface area contributed by atoms with Crippen LogP contribution in [0.1, 0.15) is 22.5 Å². The molecule has 2 aromatic carbocycles. The summed E-state index contributed by atoms with van der Waals surface area (Å²) in [6.07, 6.45) is 6.10. The molecule has 0 saturated heterocycles. The van der Waals surface area contributed by atoms with Crippen LogP contribution in [0.5, 0.6) is 5.75 Å². The quantitative estimate of drug-likeness (QED) is 0.607. The first-order valence-electron chi connectivity index (χ1n) is 9.75. The summed E-state index contributed by atoms with van der Waals surface area (Å²) in [5.41, 5.74) is 9.48. The molecule has 1 aliphatic heterocycles. The lowest BCUT2D eigenvalue weighted by molar-refractivity contribution is 0.241. The Kier molecular flexibility index (Phi) is 6.06. The highest BCUT2D eigenvalue weighted by molar-refractivity contribution is 5.74. The largest absolute Gasteiger partial charge is 0.482 e. The summed E-state index contributed by atoms with van der Waals surface area (Å²) >= 11 is 0. The fourth-order valence-electron chi connectivity index (χ4n) is 3.38. The second-order valence-corrected chi connectivity index (χ2v) is 7.11. The van der Waals surface area contributed by atoms with Crippen molar-refractivity contribution in [3.05, 3.63) is 106 Å². The van der Waals surface area contributed by atoms with Crippen molar-refractivity contribution >= 4 is 11.9 Å². The Morgan fingerprint density at radius 1 is 1.10 bits per heavy atom. The summed E-state index contributed by atoms with van der Waals surface area (Å²) in [5.74, 6) is 0.840. The Labute approximate surface area is 174 Å². The van der Waals surface area contributed by atoms with Crippen molar-refractivity contribution in [1.82, 2.24) is 4.90 Å². The molecule has 0 spiro atoms. The van der Waals surface area contributed by atoms with Gasteiger partial charge in [0.05, 0.1) is 12.2 Å². The van der Waals surface area contributed by atoms with E-state index >= 15 is 0 Å². The molecule has 4 rings (SSSR count). The SMILES string of the molecule is NC=CC=Nc1ccc(COc2coc(CN3Cc4ccccc4C3)cc2=O)cc1. The number of benzene rings is 2. The highest BCUT2D eigenvalue weighted by Gasteiger charge is 2.19. The first kappa shape index (κ1) is 19.7. The monoisotopic (exact) mass is 401 g/mol. The smallest absolute Gasteiger partial charge is 0.227 e. The van der Waals surface area contributed by atoms with Crippen molar-refractivity contribution in [2.75, 3.05) is 0 Å². The number of aliphatic imine (C=N–C) groups is 1. The zero-order valence-electron chi connectivity index (χ0n) is 16.5. The molecule has 2 N–H and O–H groups in total. The van der Waals surface area contributed by atoms with E-state index in [1.54, 1.807) is 12.3 Å². The molecule has 152 valence electrons. The van der Waals surface area contributed by atoms with Crippen LogP contribution >= 0.6 is 0 Å². The molecular formula is C24H23N3O3. The van der Waals surface area contributed by atoms with Crippen molar-refractivity contribution in [3.63, 3.8) is 0 Å². The lowest BCUT2D eigenvalue weighted by Gasteiger charge is -2.14. The molecule has 0 fully saturated rings. The highest BCUT2D eigenvalue weighted by Crippen LogP contribution is 2.24. The van der Waals surface area contributed by atoms with Gasteiger partial charge in [-0.25, -0.2) is 0 Å². The molecule has 3 aromatic rings. The molecule has 6 heteroatoms. The normalized spacial score (nSPS) is 13.9. The lowest BCUT2D eigenvalue weighted by Crippen LogP contribution is -2.17. The number of nitrogens with two attached hydrogens (primary N) is 1. The molecule has 0 radical (unpaired) electrons. The third-order valence-electron chi connectivity index (χ3n) is 4.89. The van der Waals surface area contributed by atoms with E-state index in [1.807, 2.05) is 24.3 Å². The summed E-state index contributed by atoms with van der Waals surface area (Å²) in [5, 5.41) is 0. The first-order valence-corrected chi connectivity index (χ1v) is 9.75. The van der Waals surface area contributed by atoms with Gasteiger partial charge >= 0.3 is 0 Å². The molecule has 0 atom stereocenters. The summed E-state index contributed by atoms with van der Waals surface area (Å²) < 4.78 is 11.3. The fourth-order valence-corrected chi connectivity index (χ4v) is 3.38. The molecule has 30 heavy (non-hydrogen) atoms. The van der Waals surface area contributed by atoms with Crippen LogP contribution in [0.25, 0.3) is 0 Å². The van der Waals surface area contributed by atoms with Crippen LogP contribution < -0.4 is 15.9 Å². The molecule has 6 nitrogen and oxygen atoms in total. The number of ether oxygens (including phenoxy) is 1. The molecule has 0 aliphatic carbocycles. The number of rotatable bonds is 7. The third-order valence-corrected chi connectivity index (χ3v) is 4.89. The van der Waals surface area contributed by atoms with Crippen molar-refractivity contribution < 1.29 is 9.15 Å². The van der Waals surface area contributed by atoms with E-state index in [2.05, 4.69) is 34.2 Å². The Morgan fingerprint density at radius 2 is 1.83 bits per heavy atom. The summed E-state index contributed by atoms with van der Waals surface area (Å²) in [6.45, 7) is 2.59. The standard InChI is InChI=1S/C24H23N3O3/c25-10-3-11-26-21-8-6-18(7-9-21)16-30-24-17-29-22(12-23(24)28)15-27-13-19-4-1-2-5-20(19)14-27/h1-12,17H,13-16,25H2. The minimum Gasteiger partial charge on any atom is -0.482 e. The molecule has 0 amide bonds. The van der Waals surface area contributed by atoms with Crippen molar-refractivity contribution in [2.24, 2.45) is 10.7 Å². The molecule has 1 aromatic heterocycles. The van der Waals surface area contributed by atoms with Crippen molar-refractivity contribution in [1.29, 1.82) is 0 Å². The Bertz CT molecular complexity index is 1090. The zero-order valence-corrected chi connectivity index (χ0v) is 16.5. The molecule has 0 saturated carbocycles. The maximum atomic E-state index is 12.4. The predicted molar refractivity (Wildman–Crippen MR) is 117 cm³/mol. The second kappa shape index (κ2) is 9.24. The van der Waals surface area contributed by atoms with E-state index in [9.17, 15) is 4.79 Å². The van der Waals surface area contributed by atoms with Gasteiger partial charge in [0.1, 0.15) is 18.6 Å². The van der Waals surface area contributed by atoms with Gasteiger partial charge in [0.15, 0.2) is 0 Å². The number of hydrogen-bond acceptors (Lipinski definition) is 6. The van der Waals surface area contributed by atoms with Gasteiger partial charge < -0.3 is 14.9 Å². The van der Waals surface area contributed by atoms with E-state index in [0.717, 1.165) is 24.3 Å². The lowest BCUT2D eigenvalue weighted by atomic mass is 10.1. The average molecular weight is 401 g/mol. The van der Waals surface area contributed by atoms with Crippen LogP contribution in [-0.4, -0.2) is 11.1 Å². The number of nitrogens with zero attached hydrogens (tertiary/aromatic N) is 2. The van der Waals surface area contributed by atoms with Gasteiger partial charge in [-0.3, -0.25) is 14.7 Å². The topological polar surface area (TPSA) is 81.1 Å². The molecular weight excluding hydrogens is 378 g/mol. The maximum Gasteiger partial charge on any atom is 0.227 e. The van der Waals surface area contributed by atoms with Crippen LogP contribution in [0, 0.1) is 0 Å². The van der Waals surface area contributed by atoms with Gasteiger partial charge in [0.25, 0.3) is 0 Å². The number of fused-ring (bicyclic) bond motifs is 1. The number of allylic oxidation sites excluding steroid dienone is 1. The van der Waals surface area contributed by atoms with E-state index < -0.39 is 0 Å². The van der Waals surface area contributed by atoms with Crippen LogP contribution in [0.15, 0.2) is 87.3 Å². The minimum atomic E-state index is -0.178. The second-order valence-electron chi connectivity index (χ2n) is 7.11. The average Bonchev–Trinajstić information content (AvgIpc) is 3.16. The summed E-state index contributed by atoms with van der Waals surface area (Å²) in [4.78, 5) is 18.9. The minimum absolute atomic E-state index is 0.178. The van der Waals surface area contributed by atoms with E-state index in [4.69, 9.17) is 14.9 Å². The predicted octanol–water partition coefficient (Wildman–Crippen LogP) is 3.91. The Morgan fingerprint density at radius 3 is 2.50 bits per heavy atom. The molecule has 0 unspecified atom stereocenters. The van der Waals surface area contributed by atoms with Crippen molar-refractivity contribution in [3.8, 4) is 5.75 Å². The third kappa shape index (κ3) is 4.85. The highest BCUT2D eigenvalue weighted by atomic mass is 16.5. The van der Waals surface area contributed by atoms with Crippen LogP contribution in [0.4, 0.5) is 5.69 Å². The van der Waals surface area contributed by atoms with E-state index in [1.165, 1.54) is 29.7 Å². The summed E-state index contributed by atoms with van der Waals surface area (Å²) in [6, 6.07) is 17.4. The zero-order chi connectivity index (χ0) is 20.8. The van der Waals surface area contributed by atoms with Gasteiger partial charge in [-0.05, 0) is 41.1 Å². The van der Waals surface area contributed by atoms with Crippen LogP contribution in [0.2, 0.25) is 0 Å². The van der Waals surface area contributed by atoms with Gasteiger partial charge in [-0.1, -0.05) is 36.4 Å². The first-order chi connectivity index (χ1) is 14.7. The van der Waals surface area contributed by atoms with Crippen LogP contribution in [0.3, 0.4) is 0 Å². The molecule has 0 bridgehead atoms. The van der Waals surface area contributed by atoms with E-state index in [-0.39, 0.29) is 17.8 Å².